The minimum absolute atomic E-state index is 0.0138. The van der Waals surface area contributed by atoms with Crippen LogP contribution in [0.1, 0.15) is 81.8 Å². The molecule has 0 spiro atoms. The zero-order valence-electron chi connectivity index (χ0n) is 30.4. The number of benzene rings is 3. The number of imide groups is 2. The molecule has 2 aliphatic rings. The molecule has 3 heterocycles. The number of nitrogens with zero attached hydrogens (tertiary/aromatic N) is 4. The Kier molecular flexibility index (Phi) is 11.2. The molecule has 56 heavy (non-hydrogen) atoms. The van der Waals surface area contributed by atoms with E-state index >= 15 is 0 Å². The lowest BCUT2D eigenvalue weighted by Gasteiger charge is -2.27. The molecule has 0 bridgehead atoms. The second-order valence-corrected chi connectivity index (χ2v) is 16.0. The molecule has 1 atom stereocenters. The first-order chi connectivity index (χ1) is 26.6. The highest BCUT2D eigenvalue weighted by Crippen LogP contribution is 2.39. The summed E-state index contributed by atoms with van der Waals surface area (Å²) in [6.07, 6.45) is 2.37. The molecule has 15 nitrogen and oxygen atoms in total. The number of nitrogens with one attached hydrogen (secondary N) is 2. The van der Waals surface area contributed by atoms with Crippen molar-refractivity contribution in [1.82, 2.24) is 25.5 Å². The number of ether oxygens (including phenoxy) is 2. The Hall–Kier alpha value is -6.18. The summed E-state index contributed by atoms with van der Waals surface area (Å²) >= 11 is 6.63. The Labute approximate surface area is 326 Å². The van der Waals surface area contributed by atoms with Crippen LogP contribution in [0.4, 0.5) is 0 Å². The Morgan fingerprint density at radius 3 is 2.45 bits per heavy atom. The van der Waals surface area contributed by atoms with Crippen LogP contribution < -0.4 is 20.1 Å². The fourth-order valence-corrected chi connectivity index (χ4v) is 7.08. The summed E-state index contributed by atoms with van der Waals surface area (Å²) in [4.78, 5) is 71.3. The highest BCUT2D eigenvalue weighted by Gasteiger charge is 2.44. The molecular weight excluding hydrogens is 764 g/mol. The van der Waals surface area contributed by atoms with E-state index in [0.717, 1.165) is 22.3 Å². The summed E-state index contributed by atoms with van der Waals surface area (Å²) in [5.41, 5.74) is 2.40. The lowest BCUT2D eigenvalue weighted by Crippen LogP contribution is -2.54. The van der Waals surface area contributed by atoms with Gasteiger partial charge in [-0.15, -0.1) is 0 Å². The van der Waals surface area contributed by atoms with Gasteiger partial charge in [-0.25, -0.2) is 18.4 Å². The lowest BCUT2D eigenvalue weighted by atomic mass is 9.77. The first-order valence-electron chi connectivity index (χ1n) is 17.3. The molecule has 4 aromatic rings. The fourth-order valence-electron chi connectivity index (χ4n) is 6.27. The Morgan fingerprint density at radius 1 is 1.02 bits per heavy atom. The molecule has 1 unspecified atom stereocenters. The highest BCUT2D eigenvalue weighted by atomic mass is 35.5. The van der Waals surface area contributed by atoms with Crippen molar-refractivity contribution in [3.63, 3.8) is 0 Å². The number of amides is 5. The molecule has 1 aromatic heterocycles. The van der Waals surface area contributed by atoms with Crippen molar-refractivity contribution in [2.24, 2.45) is 0 Å². The van der Waals surface area contributed by atoms with Gasteiger partial charge in [0.2, 0.25) is 32.7 Å². The van der Waals surface area contributed by atoms with Crippen LogP contribution in [0, 0.1) is 11.3 Å². The zero-order valence-corrected chi connectivity index (χ0v) is 32.0. The van der Waals surface area contributed by atoms with Crippen molar-refractivity contribution < 1.29 is 41.9 Å². The van der Waals surface area contributed by atoms with Crippen LogP contribution in [0.2, 0.25) is 5.02 Å². The van der Waals surface area contributed by atoms with Crippen molar-refractivity contribution in [1.29, 1.82) is 5.26 Å². The van der Waals surface area contributed by atoms with E-state index in [9.17, 15) is 37.7 Å². The first-order valence-corrected chi connectivity index (χ1v) is 19.6. The second-order valence-electron chi connectivity index (χ2n) is 13.7. The Bertz CT molecular complexity index is 2430. The highest BCUT2D eigenvalue weighted by molar-refractivity contribution is 7.90. The summed E-state index contributed by atoms with van der Waals surface area (Å²) in [6.45, 7) is 3.93. The summed E-state index contributed by atoms with van der Waals surface area (Å²) in [7, 11) is -3.56. The van der Waals surface area contributed by atoms with Crippen LogP contribution in [-0.2, 0) is 42.8 Å². The average molecular weight is 799 g/mol. The van der Waals surface area contributed by atoms with Gasteiger partial charge in [0, 0.05) is 30.8 Å². The maximum atomic E-state index is 13.1. The number of halogens is 1. The lowest BCUT2D eigenvalue weighted by molar-refractivity contribution is -0.136. The second kappa shape index (κ2) is 15.9. The van der Waals surface area contributed by atoms with Crippen LogP contribution in [0.25, 0.3) is 0 Å². The number of hydrogen-bond acceptors (Lipinski definition) is 12. The van der Waals surface area contributed by atoms with E-state index in [2.05, 4.69) is 26.7 Å². The standard InChI is InChI=1S/C39H35ClN6O9S/c1-39(2,24-5-7-27(8-6-24)55-21-26-12-14-42-38(44-26)56(3,52)53)25-17-23(19-41)34(30(40)18-25)54-15-13-32(47)43-20-22-4-9-28-29(16-22)37(51)46(36(28)50)31-10-11-33(48)45-35(31)49/h4-9,12,14,16-18,31H,10-11,13,15,20-21H2,1-3H3,(H,43,47)(H,45,48,49). The Morgan fingerprint density at radius 2 is 1.75 bits per heavy atom. The van der Waals surface area contributed by atoms with Crippen LogP contribution in [-0.4, -0.2) is 71.7 Å². The number of carbonyl (C=O) groups is 5. The summed E-state index contributed by atoms with van der Waals surface area (Å²) in [5.74, 6) is -2.14. The van der Waals surface area contributed by atoms with Gasteiger partial charge in [0.15, 0.2) is 5.75 Å². The molecule has 1 saturated heterocycles. The molecule has 2 aliphatic heterocycles. The topological polar surface area (TPSA) is 215 Å². The molecule has 0 radical (unpaired) electrons. The summed E-state index contributed by atoms with van der Waals surface area (Å²) < 4.78 is 35.2. The number of aromatic nitrogens is 2. The Balaban J connectivity index is 1.03. The third-order valence-electron chi connectivity index (χ3n) is 9.44. The molecule has 0 aliphatic carbocycles. The minimum Gasteiger partial charge on any atom is -0.490 e. The number of piperidine rings is 1. The molecule has 17 heteroatoms. The number of fused-ring (bicyclic) bond motifs is 1. The van der Waals surface area contributed by atoms with Gasteiger partial charge in [-0.05, 0) is 65.6 Å². The predicted octanol–water partition coefficient (Wildman–Crippen LogP) is 3.80. The fraction of sp³-hybridized carbons (Fsp3) is 0.282. The van der Waals surface area contributed by atoms with Crippen molar-refractivity contribution in [3.05, 3.63) is 111 Å². The monoisotopic (exact) mass is 798 g/mol. The predicted molar refractivity (Wildman–Crippen MR) is 199 cm³/mol. The van der Waals surface area contributed by atoms with Gasteiger partial charge in [-0.2, -0.15) is 5.26 Å². The maximum Gasteiger partial charge on any atom is 0.262 e. The van der Waals surface area contributed by atoms with Crippen molar-refractivity contribution in [3.8, 4) is 17.6 Å². The zero-order chi connectivity index (χ0) is 40.4. The normalized spacial score (nSPS) is 15.6. The van der Waals surface area contributed by atoms with Crippen LogP contribution in [0.5, 0.6) is 11.5 Å². The van der Waals surface area contributed by atoms with Gasteiger partial charge in [0.25, 0.3) is 11.8 Å². The molecule has 3 aromatic carbocycles. The molecule has 288 valence electrons. The molecule has 0 saturated carbocycles. The summed E-state index contributed by atoms with van der Waals surface area (Å²) in [5, 5.41) is 14.8. The number of nitriles is 1. The van der Waals surface area contributed by atoms with Crippen molar-refractivity contribution >= 4 is 51.0 Å². The van der Waals surface area contributed by atoms with Crippen LogP contribution in [0.3, 0.4) is 0 Å². The van der Waals surface area contributed by atoms with Crippen LogP contribution >= 0.6 is 11.6 Å². The van der Waals surface area contributed by atoms with Crippen LogP contribution in [0.15, 0.2) is 72.0 Å². The van der Waals surface area contributed by atoms with Gasteiger partial charge in [-0.1, -0.05) is 43.6 Å². The average Bonchev–Trinajstić information content (AvgIpc) is 3.41. The number of hydrogen-bond donors (Lipinski definition) is 2. The third-order valence-corrected chi connectivity index (χ3v) is 10.6. The summed E-state index contributed by atoms with van der Waals surface area (Å²) in [6, 6.07) is 17.8. The third kappa shape index (κ3) is 8.38. The SMILES string of the molecule is CC(C)(c1ccc(OCc2ccnc(S(C)(=O)=O)n2)cc1)c1cc(Cl)c(OCCC(=O)NCc2ccc3c(c2)C(=O)N(C2CCC(=O)NC2=O)C3=O)c(C#N)c1. The van der Waals surface area contributed by atoms with Crippen molar-refractivity contribution in [2.45, 2.75) is 62.9 Å². The maximum absolute atomic E-state index is 13.1. The van der Waals surface area contributed by atoms with E-state index in [1.54, 1.807) is 36.4 Å². The van der Waals surface area contributed by atoms with Gasteiger partial charge in [0.1, 0.15) is 24.5 Å². The van der Waals surface area contributed by atoms with E-state index in [0.29, 0.717) is 17.0 Å². The molecular formula is C39H35ClN6O9S. The molecule has 6 rings (SSSR count). The molecule has 5 amide bonds. The van der Waals surface area contributed by atoms with Gasteiger partial charge in [-0.3, -0.25) is 34.2 Å². The van der Waals surface area contributed by atoms with E-state index in [4.69, 9.17) is 21.1 Å². The van der Waals surface area contributed by atoms with E-state index in [1.165, 1.54) is 18.3 Å². The smallest absolute Gasteiger partial charge is 0.262 e. The van der Waals surface area contributed by atoms with E-state index in [-0.39, 0.29) is 77.5 Å². The van der Waals surface area contributed by atoms with Crippen molar-refractivity contribution in [2.75, 3.05) is 12.9 Å². The largest absolute Gasteiger partial charge is 0.490 e. The van der Waals surface area contributed by atoms with E-state index < -0.39 is 44.9 Å². The van der Waals surface area contributed by atoms with Gasteiger partial charge < -0.3 is 14.8 Å². The minimum atomic E-state index is -3.56. The quantitative estimate of drug-likeness (QED) is 0.146. The van der Waals surface area contributed by atoms with Gasteiger partial charge >= 0.3 is 0 Å². The molecule has 2 N–H and O–H groups in total. The van der Waals surface area contributed by atoms with E-state index in [1.807, 2.05) is 26.0 Å². The van der Waals surface area contributed by atoms with Gasteiger partial charge in [0.05, 0.1) is 40.4 Å². The number of rotatable bonds is 13. The molecule has 1 fully saturated rings. The number of sulfone groups is 1. The first kappa shape index (κ1) is 39.5. The number of carbonyl (C=O) groups excluding carboxylic acids is 5.